The number of rotatable bonds is 1. The van der Waals surface area contributed by atoms with Crippen LogP contribution in [0.5, 0.6) is 0 Å². The van der Waals surface area contributed by atoms with E-state index < -0.39 is 0 Å². The first-order chi connectivity index (χ1) is 8.63. The van der Waals surface area contributed by atoms with E-state index in [0.29, 0.717) is 0 Å². The van der Waals surface area contributed by atoms with Gasteiger partial charge in [0.1, 0.15) is 5.82 Å². The van der Waals surface area contributed by atoms with Crippen LogP contribution in [-0.4, -0.2) is 15.0 Å². The average molecular weight is 367 g/mol. The minimum atomic E-state index is 0.727. The van der Waals surface area contributed by atoms with Crippen molar-refractivity contribution < 1.29 is 0 Å². The third-order valence-electron chi connectivity index (χ3n) is 2.75. The van der Waals surface area contributed by atoms with Crippen molar-refractivity contribution in [3.8, 4) is 11.4 Å². The Morgan fingerprint density at radius 1 is 1.17 bits per heavy atom. The molecule has 0 saturated carbocycles. The first-order valence-corrected chi connectivity index (χ1v) is 7.00. The van der Waals surface area contributed by atoms with Crippen molar-refractivity contribution in [2.45, 2.75) is 6.92 Å². The third-order valence-corrected chi connectivity index (χ3v) is 4.04. The summed E-state index contributed by atoms with van der Waals surface area (Å²) in [5, 5.41) is 0. The molecule has 0 radical (unpaired) electrons. The molecule has 2 heterocycles. The number of nitrogens with zero attached hydrogens (tertiary/aromatic N) is 2. The van der Waals surface area contributed by atoms with E-state index in [9.17, 15) is 0 Å². The van der Waals surface area contributed by atoms with Crippen molar-refractivity contribution in [1.82, 2.24) is 15.0 Å². The molecule has 1 aromatic carbocycles. The maximum atomic E-state index is 4.49. The smallest absolute Gasteiger partial charge is 0.178 e. The summed E-state index contributed by atoms with van der Waals surface area (Å²) in [6.45, 7) is 2.06. The number of imidazole rings is 1. The molecule has 0 saturated heterocycles. The summed E-state index contributed by atoms with van der Waals surface area (Å²) < 4.78 is 2.02. The van der Waals surface area contributed by atoms with Crippen molar-refractivity contribution in [1.29, 1.82) is 0 Å². The van der Waals surface area contributed by atoms with Gasteiger partial charge in [0.15, 0.2) is 5.65 Å². The number of hydrogen-bond donors (Lipinski definition) is 1. The molecule has 0 fully saturated rings. The molecule has 0 atom stereocenters. The molecule has 2 aromatic heterocycles. The predicted molar refractivity (Wildman–Crippen MR) is 79.5 cm³/mol. The van der Waals surface area contributed by atoms with Crippen LogP contribution in [0.2, 0.25) is 0 Å². The molecule has 0 aliphatic rings. The molecule has 90 valence electrons. The second-order valence-corrected chi connectivity index (χ2v) is 5.84. The minimum absolute atomic E-state index is 0.727. The first-order valence-electron chi connectivity index (χ1n) is 5.41. The highest BCUT2D eigenvalue weighted by molar-refractivity contribution is 9.10. The summed E-state index contributed by atoms with van der Waals surface area (Å²) in [7, 11) is 0. The summed E-state index contributed by atoms with van der Waals surface area (Å²) in [5.74, 6) is 0.830. The van der Waals surface area contributed by atoms with Gasteiger partial charge in [0.25, 0.3) is 0 Å². The van der Waals surface area contributed by atoms with Crippen molar-refractivity contribution in [3.63, 3.8) is 0 Å². The van der Waals surface area contributed by atoms with Crippen LogP contribution in [0.3, 0.4) is 0 Å². The lowest BCUT2D eigenvalue weighted by atomic mass is 10.1. The van der Waals surface area contributed by atoms with Crippen LogP contribution in [0.15, 0.2) is 39.4 Å². The molecule has 18 heavy (non-hydrogen) atoms. The Morgan fingerprint density at radius 2 is 2.00 bits per heavy atom. The van der Waals surface area contributed by atoms with Gasteiger partial charge in [0, 0.05) is 20.7 Å². The van der Waals surface area contributed by atoms with Crippen molar-refractivity contribution in [3.05, 3.63) is 45.0 Å². The lowest BCUT2D eigenvalue weighted by molar-refractivity contribution is 1.29. The zero-order valence-corrected chi connectivity index (χ0v) is 12.7. The van der Waals surface area contributed by atoms with Crippen LogP contribution >= 0.6 is 31.9 Å². The van der Waals surface area contributed by atoms with Crippen molar-refractivity contribution in [2.24, 2.45) is 0 Å². The average Bonchev–Trinajstić information content (AvgIpc) is 2.75. The largest absolute Gasteiger partial charge is 0.337 e. The van der Waals surface area contributed by atoms with Crippen LogP contribution in [0, 0.1) is 6.92 Å². The normalized spacial score (nSPS) is 11.1. The summed E-state index contributed by atoms with van der Waals surface area (Å²) in [6, 6.07) is 8.15. The lowest BCUT2D eigenvalue weighted by Crippen LogP contribution is -1.82. The monoisotopic (exact) mass is 365 g/mol. The van der Waals surface area contributed by atoms with Gasteiger partial charge in [-0.25, -0.2) is 9.97 Å². The molecule has 0 unspecified atom stereocenters. The topological polar surface area (TPSA) is 41.6 Å². The van der Waals surface area contributed by atoms with E-state index in [1.165, 1.54) is 5.56 Å². The molecule has 0 spiro atoms. The molecule has 3 aromatic rings. The molecule has 0 aliphatic carbocycles. The number of hydrogen-bond acceptors (Lipinski definition) is 2. The van der Waals surface area contributed by atoms with Gasteiger partial charge in [0.2, 0.25) is 0 Å². The molecule has 0 bridgehead atoms. The Labute approximate surface area is 121 Å². The van der Waals surface area contributed by atoms with Gasteiger partial charge in [-0.3, -0.25) is 0 Å². The Morgan fingerprint density at radius 3 is 2.78 bits per heavy atom. The maximum Gasteiger partial charge on any atom is 0.178 e. The van der Waals surface area contributed by atoms with E-state index in [0.717, 1.165) is 31.5 Å². The number of aryl methyl sites for hydroxylation is 1. The molecule has 0 amide bonds. The van der Waals surface area contributed by atoms with E-state index in [1.807, 2.05) is 12.1 Å². The number of nitrogens with one attached hydrogen (secondary N) is 1. The van der Waals surface area contributed by atoms with Crippen LogP contribution < -0.4 is 0 Å². The highest BCUT2D eigenvalue weighted by Gasteiger charge is 2.07. The zero-order chi connectivity index (χ0) is 12.7. The van der Waals surface area contributed by atoms with E-state index in [4.69, 9.17) is 0 Å². The quantitative estimate of drug-likeness (QED) is 0.690. The number of benzene rings is 1. The maximum absolute atomic E-state index is 4.49. The standard InChI is InChI=1S/C13H9Br2N3/c1-7-2-3-8(4-10(7)15)12-17-11-5-9(14)6-16-13(11)18-12/h2-6H,1H3,(H,16,17,18). The highest BCUT2D eigenvalue weighted by atomic mass is 79.9. The summed E-state index contributed by atoms with van der Waals surface area (Å²) in [6.07, 6.45) is 1.75. The van der Waals surface area contributed by atoms with Gasteiger partial charge < -0.3 is 4.98 Å². The molecule has 3 nitrogen and oxygen atoms in total. The highest BCUT2D eigenvalue weighted by Crippen LogP contribution is 2.25. The molecular formula is C13H9Br2N3. The molecule has 1 N–H and O–H groups in total. The van der Waals surface area contributed by atoms with Gasteiger partial charge in [-0.2, -0.15) is 0 Å². The number of fused-ring (bicyclic) bond motifs is 1. The fourth-order valence-electron chi connectivity index (χ4n) is 1.75. The van der Waals surface area contributed by atoms with E-state index in [2.05, 4.69) is 65.9 Å². The van der Waals surface area contributed by atoms with Gasteiger partial charge in [-0.15, -0.1) is 0 Å². The molecular weight excluding hydrogens is 358 g/mol. The lowest BCUT2D eigenvalue weighted by Gasteiger charge is -2.00. The van der Waals surface area contributed by atoms with Crippen molar-refractivity contribution in [2.75, 3.05) is 0 Å². The first kappa shape index (κ1) is 11.9. The second kappa shape index (κ2) is 4.48. The fraction of sp³-hybridized carbons (Fsp3) is 0.0769. The molecule has 3 rings (SSSR count). The number of H-pyrrole nitrogens is 1. The predicted octanol–water partition coefficient (Wildman–Crippen LogP) is 4.46. The molecule has 5 heteroatoms. The SMILES string of the molecule is Cc1ccc(-c2nc3ncc(Br)cc3[nH]2)cc1Br. The fourth-order valence-corrected chi connectivity index (χ4v) is 2.46. The number of aromatic nitrogens is 3. The number of aromatic amines is 1. The third kappa shape index (κ3) is 2.08. The van der Waals surface area contributed by atoms with Gasteiger partial charge in [0.05, 0.1) is 5.52 Å². The van der Waals surface area contributed by atoms with E-state index >= 15 is 0 Å². The number of halogens is 2. The van der Waals surface area contributed by atoms with Crippen LogP contribution in [0.1, 0.15) is 5.56 Å². The molecule has 0 aliphatic heterocycles. The van der Waals surface area contributed by atoms with E-state index in [1.54, 1.807) is 6.20 Å². The summed E-state index contributed by atoms with van der Waals surface area (Å²) >= 11 is 6.94. The van der Waals surface area contributed by atoms with Crippen LogP contribution in [-0.2, 0) is 0 Å². The van der Waals surface area contributed by atoms with Crippen LogP contribution in [0.4, 0.5) is 0 Å². The number of pyridine rings is 1. The van der Waals surface area contributed by atoms with E-state index in [-0.39, 0.29) is 0 Å². The van der Waals surface area contributed by atoms with Gasteiger partial charge in [-0.1, -0.05) is 28.1 Å². The Kier molecular flexibility index (Phi) is 2.95. The van der Waals surface area contributed by atoms with Gasteiger partial charge >= 0.3 is 0 Å². The Bertz CT molecular complexity index is 734. The second-order valence-electron chi connectivity index (χ2n) is 4.07. The van der Waals surface area contributed by atoms with Crippen LogP contribution in [0.25, 0.3) is 22.6 Å². The minimum Gasteiger partial charge on any atom is -0.337 e. The summed E-state index contributed by atoms with van der Waals surface area (Å²) in [4.78, 5) is 12.0. The van der Waals surface area contributed by atoms with Gasteiger partial charge in [-0.05, 0) is 40.5 Å². The summed E-state index contributed by atoms with van der Waals surface area (Å²) in [5.41, 5.74) is 3.90. The van der Waals surface area contributed by atoms with Crippen molar-refractivity contribution >= 4 is 43.0 Å². The Hall–Kier alpha value is -1.20. The zero-order valence-electron chi connectivity index (χ0n) is 9.54. The Balaban J connectivity index is 2.16.